The SMILES string of the molecule is Cc1c(C(C)NCc2cn(C[C@H](C)N)nn2)nnn1-c1ccc(F)cc1. The first-order valence-corrected chi connectivity index (χ1v) is 8.50. The summed E-state index contributed by atoms with van der Waals surface area (Å²) in [6.07, 6.45) is 1.88. The topological polar surface area (TPSA) is 99.5 Å². The van der Waals surface area contributed by atoms with Crippen LogP contribution in [0, 0.1) is 12.7 Å². The fourth-order valence-electron chi connectivity index (χ4n) is 2.73. The normalized spacial score (nSPS) is 13.7. The van der Waals surface area contributed by atoms with E-state index in [1.165, 1.54) is 12.1 Å². The van der Waals surface area contributed by atoms with Crippen molar-refractivity contribution in [2.45, 2.75) is 45.9 Å². The van der Waals surface area contributed by atoms with Crippen LogP contribution in [0.25, 0.3) is 5.69 Å². The summed E-state index contributed by atoms with van der Waals surface area (Å²) in [6.45, 7) is 7.07. The van der Waals surface area contributed by atoms with Gasteiger partial charge in [-0.05, 0) is 45.0 Å². The highest BCUT2D eigenvalue weighted by atomic mass is 19.1. The molecule has 1 unspecified atom stereocenters. The van der Waals surface area contributed by atoms with Gasteiger partial charge < -0.3 is 11.1 Å². The Morgan fingerprint density at radius 2 is 1.88 bits per heavy atom. The molecule has 0 amide bonds. The third-order valence-electron chi connectivity index (χ3n) is 4.06. The van der Waals surface area contributed by atoms with Crippen LogP contribution in [0.2, 0.25) is 0 Å². The third-order valence-corrected chi connectivity index (χ3v) is 4.06. The average Bonchev–Trinajstić information content (AvgIpc) is 3.19. The Morgan fingerprint density at radius 3 is 2.58 bits per heavy atom. The summed E-state index contributed by atoms with van der Waals surface area (Å²) in [5.74, 6) is -0.279. The molecule has 0 fully saturated rings. The van der Waals surface area contributed by atoms with Gasteiger partial charge in [-0.1, -0.05) is 10.4 Å². The molecule has 138 valence electrons. The second-order valence-electron chi connectivity index (χ2n) is 6.46. The second-order valence-corrected chi connectivity index (χ2v) is 6.46. The van der Waals surface area contributed by atoms with Gasteiger partial charge in [0.05, 0.1) is 29.7 Å². The summed E-state index contributed by atoms with van der Waals surface area (Å²) in [5, 5.41) is 20.0. The van der Waals surface area contributed by atoms with Crippen molar-refractivity contribution in [2.24, 2.45) is 5.73 Å². The summed E-state index contributed by atoms with van der Waals surface area (Å²) in [5.41, 5.74) is 9.10. The number of hydrogen-bond acceptors (Lipinski definition) is 6. The lowest BCUT2D eigenvalue weighted by atomic mass is 10.2. The van der Waals surface area contributed by atoms with E-state index < -0.39 is 0 Å². The summed E-state index contributed by atoms with van der Waals surface area (Å²) in [4.78, 5) is 0. The largest absolute Gasteiger partial charge is 0.326 e. The Labute approximate surface area is 151 Å². The Morgan fingerprint density at radius 1 is 1.15 bits per heavy atom. The van der Waals surface area contributed by atoms with Crippen molar-refractivity contribution < 1.29 is 4.39 Å². The number of hydrogen-bond donors (Lipinski definition) is 2. The molecule has 3 rings (SSSR count). The number of rotatable bonds is 7. The van der Waals surface area contributed by atoms with E-state index in [2.05, 4.69) is 25.9 Å². The van der Waals surface area contributed by atoms with E-state index in [1.54, 1.807) is 21.5 Å². The van der Waals surface area contributed by atoms with Crippen molar-refractivity contribution >= 4 is 0 Å². The summed E-state index contributed by atoms with van der Waals surface area (Å²) in [7, 11) is 0. The van der Waals surface area contributed by atoms with Crippen LogP contribution in [-0.2, 0) is 13.1 Å². The molecule has 0 aliphatic carbocycles. The zero-order valence-electron chi connectivity index (χ0n) is 15.1. The molecule has 0 aliphatic heterocycles. The van der Waals surface area contributed by atoms with Crippen LogP contribution in [0.1, 0.15) is 37.0 Å². The van der Waals surface area contributed by atoms with E-state index in [4.69, 9.17) is 5.73 Å². The monoisotopic (exact) mass is 358 g/mol. The van der Waals surface area contributed by atoms with E-state index in [0.717, 1.165) is 22.8 Å². The molecule has 0 radical (unpaired) electrons. The number of halogens is 1. The summed E-state index contributed by atoms with van der Waals surface area (Å²) >= 11 is 0. The molecule has 2 aromatic heterocycles. The Kier molecular flexibility index (Phi) is 5.38. The van der Waals surface area contributed by atoms with Gasteiger partial charge in [0.15, 0.2) is 0 Å². The van der Waals surface area contributed by atoms with Gasteiger partial charge in [0.25, 0.3) is 0 Å². The molecule has 8 nitrogen and oxygen atoms in total. The van der Waals surface area contributed by atoms with Crippen molar-refractivity contribution in [1.82, 2.24) is 35.3 Å². The number of nitrogens with zero attached hydrogens (tertiary/aromatic N) is 6. The van der Waals surface area contributed by atoms with Crippen LogP contribution in [0.5, 0.6) is 0 Å². The zero-order chi connectivity index (χ0) is 18.7. The van der Waals surface area contributed by atoms with Crippen molar-refractivity contribution in [2.75, 3.05) is 0 Å². The Bertz CT molecular complexity index is 852. The summed E-state index contributed by atoms with van der Waals surface area (Å²) in [6, 6.07) is 6.17. The number of benzene rings is 1. The Balaban J connectivity index is 1.66. The molecule has 3 N–H and O–H groups in total. The quantitative estimate of drug-likeness (QED) is 0.664. The smallest absolute Gasteiger partial charge is 0.123 e. The van der Waals surface area contributed by atoms with E-state index in [9.17, 15) is 4.39 Å². The van der Waals surface area contributed by atoms with E-state index in [1.807, 2.05) is 27.0 Å². The Hall–Kier alpha value is -2.65. The van der Waals surface area contributed by atoms with Gasteiger partial charge >= 0.3 is 0 Å². The van der Waals surface area contributed by atoms with Gasteiger partial charge in [-0.15, -0.1) is 10.2 Å². The minimum atomic E-state index is -0.279. The molecule has 0 aliphatic rings. The van der Waals surface area contributed by atoms with Crippen LogP contribution in [0.4, 0.5) is 4.39 Å². The highest BCUT2D eigenvalue weighted by Crippen LogP contribution is 2.18. The van der Waals surface area contributed by atoms with Crippen LogP contribution in [0.15, 0.2) is 30.5 Å². The van der Waals surface area contributed by atoms with Crippen LogP contribution >= 0.6 is 0 Å². The van der Waals surface area contributed by atoms with Crippen molar-refractivity contribution in [3.05, 3.63) is 53.4 Å². The third kappa shape index (κ3) is 4.12. The molecule has 0 saturated heterocycles. The predicted molar refractivity (Wildman–Crippen MR) is 95.0 cm³/mol. The number of aromatic nitrogens is 6. The number of nitrogens with one attached hydrogen (secondary N) is 1. The standard InChI is InChI=1S/C17H23FN8/c1-11(19)9-25-10-15(21-23-25)8-20-12(2)17-13(3)26(24-22-17)16-6-4-14(18)5-7-16/h4-7,10-12,20H,8-9,19H2,1-3H3/t11-,12?/m0/s1. The van der Waals surface area contributed by atoms with Gasteiger partial charge in [-0.2, -0.15) is 0 Å². The molecule has 9 heteroatoms. The van der Waals surface area contributed by atoms with E-state index >= 15 is 0 Å². The minimum absolute atomic E-state index is 0.0252. The maximum Gasteiger partial charge on any atom is 0.123 e. The molecule has 0 bridgehead atoms. The van der Waals surface area contributed by atoms with Crippen LogP contribution in [-0.4, -0.2) is 36.0 Å². The molecular weight excluding hydrogens is 335 g/mol. The highest BCUT2D eigenvalue weighted by Gasteiger charge is 2.16. The lowest BCUT2D eigenvalue weighted by Gasteiger charge is -2.11. The average molecular weight is 358 g/mol. The summed E-state index contributed by atoms with van der Waals surface area (Å²) < 4.78 is 16.5. The lowest BCUT2D eigenvalue weighted by molar-refractivity contribution is 0.523. The van der Waals surface area contributed by atoms with Crippen LogP contribution < -0.4 is 11.1 Å². The van der Waals surface area contributed by atoms with Gasteiger partial charge in [0.2, 0.25) is 0 Å². The van der Waals surface area contributed by atoms with Gasteiger partial charge in [0.1, 0.15) is 11.5 Å². The molecule has 0 saturated carbocycles. The predicted octanol–water partition coefficient (Wildman–Crippen LogP) is 1.50. The number of nitrogens with two attached hydrogens (primary N) is 1. The maximum absolute atomic E-state index is 13.1. The van der Waals surface area contributed by atoms with Crippen molar-refractivity contribution in [3.8, 4) is 5.69 Å². The van der Waals surface area contributed by atoms with Crippen molar-refractivity contribution in [1.29, 1.82) is 0 Å². The molecule has 2 atom stereocenters. The zero-order valence-corrected chi connectivity index (χ0v) is 15.1. The molecule has 1 aromatic carbocycles. The van der Waals surface area contributed by atoms with E-state index in [-0.39, 0.29) is 17.9 Å². The molecule has 0 spiro atoms. The first-order valence-electron chi connectivity index (χ1n) is 8.50. The van der Waals surface area contributed by atoms with Gasteiger partial charge in [0, 0.05) is 18.8 Å². The first kappa shape index (κ1) is 18.2. The first-order chi connectivity index (χ1) is 12.4. The van der Waals surface area contributed by atoms with Gasteiger partial charge in [-0.25, -0.2) is 9.07 Å². The second kappa shape index (κ2) is 7.71. The molecular formula is C17H23FN8. The molecule has 26 heavy (non-hydrogen) atoms. The minimum Gasteiger partial charge on any atom is -0.326 e. The van der Waals surface area contributed by atoms with Gasteiger partial charge in [-0.3, -0.25) is 4.68 Å². The lowest BCUT2D eigenvalue weighted by Crippen LogP contribution is -2.22. The van der Waals surface area contributed by atoms with Crippen molar-refractivity contribution in [3.63, 3.8) is 0 Å². The molecule has 2 heterocycles. The van der Waals surface area contributed by atoms with Crippen LogP contribution in [0.3, 0.4) is 0 Å². The highest BCUT2D eigenvalue weighted by molar-refractivity contribution is 5.33. The fourth-order valence-corrected chi connectivity index (χ4v) is 2.73. The maximum atomic E-state index is 13.1. The van der Waals surface area contributed by atoms with E-state index in [0.29, 0.717) is 13.1 Å². The fraction of sp³-hybridized carbons (Fsp3) is 0.412. The molecule has 3 aromatic rings.